The monoisotopic (exact) mass is 276 g/mol. The second-order valence-electron chi connectivity index (χ2n) is 2.63. The maximum atomic E-state index is 7.00. The predicted molar refractivity (Wildman–Crippen MR) is 67.2 cm³/mol. The molecular formula is C12H22NO3Ti-. The summed E-state index contributed by atoms with van der Waals surface area (Å²) in [6, 6.07) is 7.45. The predicted octanol–water partition coefficient (Wildman–Crippen LogP) is 1.48. The minimum absolute atomic E-state index is 0. The van der Waals surface area contributed by atoms with Gasteiger partial charge in [-0.15, -0.1) is 0 Å². The van der Waals surface area contributed by atoms with Crippen LogP contribution < -0.4 is 10.5 Å². The van der Waals surface area contributed by atoms with Crippen LogP contribution in [0.3, 0.4) is 0 Å². The smallest absolute Gasteiger partial charge is 0.121 e. The molecule has 4 nitrogen and oxygen atoms in total. The molecule has 0 bridgehead atoms. The Morgan fingerprint density at radius 1 is 1.24 bits per heavy atom. The van der Waals surface area contributed by atoms with Crippen molar-refractivity contribution in [3.63, 3.8) is 0 Å². The Labute approximate surface area is 119 Å². The van der Waals surface area contributed by atoms with E-state index in [1.807, 2.05) is 24.3 Å². The molecule has 17 heavy (non-hydrogen) atoms. The summed E-state index contributed by atoms with van der Waals surface area (Å²) in [6.45, 7) is 4.44. The van der Waals surface area contributed by atoms with Crippen molar-refractivity contribution in [2.75, 3.05) is 26.6 Å². The van der Waals surface area contributed by atoms with Crippen molar-refractivity contribution in [1.82, 2.24) is 0 Å². The molecule has 0 heterocycles. The van der Waals surface area contributed by atoms with E-state index in [1.54, 1.807) is 0 Å². The van der Waals surface area contributed by atoms with Gasteiger partial charge in [-0.3, -0.25) is 0 Å². The molecule has 0 radical (unpaired) electrons. The Morgan fingerprint density at radius 3 is 2.29 bits per heavy atom. The van der Waals surface area contributed by atoms with Crippen LogP contribution in [0.4, 0.5) is 5.69 Å². The number of anilines is 1. The number of ether oxygens (including phenoxy) is 1. The van der Waals surface area contributed by atoms with E-state index in [2.05, 4.69) is 6.92 Å². The summed E-state index contributed by atoms with van der Waals surface area (Å²) < 4.78 is 5.41. The Bertz CT molecular complexity index is 247. The van der Waals surface area contributed by atoms with Gasteiger partial charge in [-0.25, -0.2) is 0 Å². The number of nitrogens with two attached hydrogens (primary N) is 1. The molecule has 1 aromatic carbocycles. The SMILES string of the molecule is CO.CO.[CH2-]CCCOc1cccc(N)c1.[Ti]. The molecular weight excluding hydrogens is 254 g/mol. The molecule has 0 saturated heterocycles. The molecule has 0 atom stereocenters. The van der Waals surface area contributed by atoms with Crippen molar-refractivity contribution in [1.29, 1.82) is 0 Å². The summed E-state index contributed by atoms with van der Waals surface area (Å²) >= 11 is 0. The van der Waals surface area contributed by atoms with Crippen molar-refractivity contribution in [3.8, 4) is 5.75 Å². The van der Waals surface area contributed by atoms with Crippen LogP contribution in [0.2, 0.25) is 0 Å². The maximum absolute atomic E-state index is 7.00. The standard InChI is InChI=1S/C10H14NO.2CH4O.Ti/c1-2-3-7-12-10-6-4-5-9(11)8-10;2*1-2;/h4-6,8H,1-3,7,11H2;2*2H,1H3;/q-1;;;. The zero-order chi connectivity index (χ0) is 12.8. The third kappa shape index (κ3) is 13.4. The Kier molecular flexibility index (Phi) is 22.8. The van der Waals surface area contributed by atoms with Gasteiger partial charge in [0, 0.05) is 47.7 Å². The maximum Gasteiger partial charge on any atom is 0.121 e. The van der Waals surface area contributed by atoms with E-state index in [0.717, 1.165) is 38.5 Å². The van der Waals surface area contributed by atoms with Crippen LogP contribution in [0.5, 0.6) is 5.75 Å². The summed E-state index contributed by atoms with van der Waals surface area (Å²) in [7, 11) is 2.00. The van der Waals surface area contributed by atoms with Crippen LogP contribution in [0, 0.1) is 6.92 Å². The van der Waals surface area contributed by atoms with Crippen molar-refractivity contribution in [2.24, 2.45) is 0 Å². The summed E-state index contributed by atoms with van der Waals surface area (Å²) in [5, 5.41) is 14.0. The molecule has 5 heteroatoms. The molecule has 0 spiro atoms. The second kappa shape index (κ2) is 17.8. The zero-order valence-corrected chi connectivity index (χ0v) is 12.1. The fourth-order valence-corrected chi connectivity index (χ4v) is 0.896. The van der Waals surface area contributed by atoms with Gasteiger partial charge in [-0.2, -0.15) is 6.42 Å². The summed E-state index contributed by atoms with van der Waals surface area (Å²) in [4.78, 5) is 0. The molecule has 0 aliphatic heterocycles. The average Bonchev–Trinajstić information content (AvgIpc) is 2.35. The van der Waals surface area contributed by atoms with Crippen molar-refractivity contribution >= 4 is 5.69 Å². The molecule has 0 aliphatic carbocycles. The Balaban J connectivity index is -0.000000355. The van der Waals surface area contributed by atoms with E-state index in [9.17, 15) is 0 Å². The molecule has 0 unspecified atom stereocenters. The Hall–Kier alpha value is -0.546. The number of unbranched alkanes of at least 4 members (excludes halogenated alkanes) is 1. The molecule has 4 N–H and O–H groups in total. The van der Waals surface area contributed by atoms with Gasteiger partial charge in [0.05, 0.1) is 6.61 Å². The zero-order valence-electron chi connectivity index (χ0n) is 10.5. The van der Waals surface area contributed by atoms with Crippen molar-refractivity contribution in [2.45, 2.75) is 12.8 Å². The first-order valence-electron chi connectivity index (χ1n) is 5.00. The van der Waals surface area contributed by atoms with E-state index < -0.39 is 0 Å². The van der Waals surface area contributed by atoms with E-state index in [1.165, 1.54) is 0 Å². The van der Waals surface area contributed by atoms with Crippen LogP contribution in [0.1, 0.15) is 12.8 Å². The minimum atomic E-state index is 0. The number of rotatable bonds is 4. The molecule has 1 aromatic rings. The van der Waals surface area contributed by atoms with E-state index in [-0.39, 0.29) is 21.7 Å². The van der Waals surface area contributed by atoms with Crippen LogP contribution in [0.15, 0.2) is 24.3 Å². The van der Waals surface area contributed by atoms with Crippen molar-refractivity contribution in [3.05, 3.63) is 31.2 Å². The van der Waals surface area contributed by atoms with Gasteiger partial charge in [0.15, 0.2) is 0 Å². The van der Waals surface area contributed by atoms with Crippen LogP contribution in [0.25, 0.3) is 0 Å². The first-order chi connectivity index (χ1) is 7.83. The van der Waals surface area contributed by atoms with E-state index in [4.69, 9.17) is 20.7 Å². The molecule has 98 valence electrons. The van der Waals surface area contributed by atoms with Crippen LogP contribution in [-0.2, 0) is 21.7 Å². The van der Waals surface area contributed by atoms with Gasteiger partial charge in [-0.1, -0.05) is 6.07 Å². The summed E-state index contributed by atoms with van der Waals surface area (Å²) in [5.74, 6) is 0.837. The topological polar surface area (TPSA) is 75.7 Å². The average molecular weight is 276 g/mol. The molecule has 0 fully saturated rings. The minimum Gasteiger partial charge on any atom is -0.494 e. The van der Waals surface area contributed by atoms with Crippen molar-refractivity contribution < 1.29 is 36.7 Å². The number of hydrogen-bond acceptors (Lipinski definition) is 4. The molecule has 1 rings (SSSR count). The third-order valence-corrected chi connectivity index (χ3v) is 1.52. The number of nitrogen functional groups attached to an aromatic ring is 1. The van der Waals surface area contributed by atoms with Crippen LogP contribution >= 0.6 is 0 Å². The molecule has 0 aromatic heterocycles. The third-order valence-electron chi connectivity index (χ3n) is 1.52. The van der Waals surface area contributed by atoms with Gasteiger partial charge in [-0.05, 0) is 18.6 Å². The molecule has 0 amide bonds. The fourth-order valence-electron chi connectivity index (χ4n) is 0.896. The fraction of sp³-hybridized carbons (Fsp3) is 0.417. The number of benzene rings is 1. The van der Waals surface area contributed by atoms with Gasteiger partial charge in [0.2, 0.25) is 0 Å². The Morgan fingerprint density at radius 2 is 1.82 bits per heavy atom. The number of hydrogen-bond donors (Lipinski definition) is 3. The summed E-state index contributed by atoms with van der Waals surface area (Å²) in [5.41, 5.74) is 6.31. The largest absolute Gasteiger partial charge is 0.494 e. The van der Waals surface area contributed by atoms with Gasteiger partial charge in [0.25, 0.3) is 0 Å². The van der Waals surface area contributed by atoms with Gasteiger partial charge < -0.3 is 27.6 Å². The van der Waals surface area contributed by atoms with E-state index >= 15 is 0 Å². The first kappa shape index (κ1) is 21.7. The van der Waals surface area contributed by atoms with Crippen LogP contribution in [-0.4, -0.2) is 31.0 Å². The van der Waals surface area contributed by atoms with Gasteiger partial charge >= 0.3 is 0 Å². The van der Waals surface area contributed by atoms with Gasteiger partial charge in [0.1, 0.15) is 5.75 Å². The number of aliphatic hydroxyl groups is 2. The first-order valence-corrected chi connectivity index (χ1v) is 5.00. The number of aliphatic hydroxyl groups excluding tert-OH is 2. The molecule has 0 saturated carbocycles. The molecule has 0 aliphatic rings. The second-order valence-corrected chi connectivity index (χ2v) is 2.63. The van der Waals surface area contributed by atoms with E-state index in [0.29, 0.717) is 6.61 Å². The quantitative estimate of drug-likeness (QED) is 0.337. The normalized spacial score (nSPS) is 7.59. The summed E-state index contributed by atoms with van der Waals surface area (Å²) in [6.07, 6.45) is 1.89.